The fraction of sp³-hybridized carbons (Fsp3) is 0.209. The van der Waals surface area contributed by atoms with Crippen LogP contribution in [0.25, 0.3) is 32.4 Å². The number of fused-ring (bicyclic) bond motifs is 6. The number of urea groups is 1. The normalized spacial score (nSPS) is 16.2. The summed E-state index contributed by atoms with van der Waals surface area (Å²) in [7, 11) is 0. The SMILES string of the molecule is CCC1(C(Oc2ccc(C)cc2NC(=O)Nc2cnc(C)cn2)c2cnc3ccccc3c2)CCCc2c1ccc1c2ccc2ccccc21. The van der Waals surface area contributed by atoms with Crippen LogP contribution in [0.3, 0.4) is 0 Å². The third-order valence-electron chi connectivity index (χ3n) is 10.3. The van der Waals surface area contributed by atoms with Crippen LogP contribution in [0.5, 0.6) is 5.75 Å². The molecule has 7 nitrogen and oxygen atoms in total. The molecule has 7 aromatic rings. The first-order valence-corrected chi connectivity index (χ1v) is 17.3. The van der Waals surface area contributed by atoms with E-state index >= 15 is 0 Å². The molecule has 8 rings (SSSR count). The molecule has 2 amide bonds. The number of anilines is 2. The van der Waals surface area contributed by atoms with Crippen molar-refractivity contribution in [3.8, 4) is 5.75 Å². The van der Waals surface area contributed by atoms with Crippen LogP contribution < -0.4 is 15.4 Å². The van der Waals surface area contributed by atoms with Crippen LogP contribution in [-0.2, 0) is 11.8 Å². The molecular weight excluding hydrogens is 619 g/mol. The van der Waals surface area contributed by atoms with Gasteiger partial charge >= 0.3 is 6.03 Å². The number of rotatable bonds is 7. The Morgan fingerprint density at radius 3 is 2.46 bits per heavy atom. The number of carbonyl (C=O) groups is 1. The lowest BCUT2D eigenvalue weighted by atomic mass is 9.63. The van der Waals surface area contributed by atoms with Crippen molar-refractivity contribution in [3.63, 3.8) is 0 Å². The number of hydrogen-bond donors (Lipinski definition) is 2. The van der Waals surface area contributed by atoms with Gasteiger partial charge in [-0.2, -0.15) is 0 Å². The molecule has 50 heavy (non-hydrogen) atoms. The second-order valence-corrected chi connectivity index (χ2v) is 13.4. The van der Waals surface area contributed by atoms with Gasteiger partial charge in [-0.25, -0.2) is 9.78 Å². The first-order chi connectivity index (χ1) is 24.4. The molecule has 7 heteroatoms. The minimum Gasteiger partial charge on any atom is -0.483 e. The molecule has 0 radical (unpaired) electrons. The van der Waals surface area contributed by atoms with Crippen molar-refractivity contribution in [2.75, 3.05) is 10.6 Å². The summed E-state index contributed by atoms with van der Waals surface area (Å²) in [5.41, 5.74) is 6.65. The summed E-state index contributed by atoms with van der Waals surface area (Å²) in [5.74, 6) is 0.956. The molecule has 2 aromatic heterocycles. The third kappa shape index (κ3) is 5.68. The van der Waals surface area contributed by atoms with Crippen molar-refractivity contribution in [3.05, 3.63) is 144 Å². The number of nitrogens with one attached hydrogen (secondary N) is 2. The van der Waals surface area contributed by atoms with Gasteiger partial charge in [-0.15, -0.1) is 0 Å². The Labute approximate surface area is 291 Å². The molecule has 2 N–H and O–H groups in total. The predicted octanol–water partition coefficient (Wildman–Crippen LogP) is 10.4. The van der Waals surface area contributed by atoms with Gasteiger partial charge in [0.15, 0.2) is 5.82 Å². The van der Waals surface area contributed by atoms with Gasteiger partial charge in [0.1, 0.15) is 11.9 Å². The Balaban J connectivity index is 1.25. The molecule has 0 aliphatic heterocycles. The van der Waals surface area contributed by atoms with Gasteiger partial charge in [-0.05, 0) is 102 Å². The van der Waals surface area contributed by atoms with Gasteiger partial charge in [0.25, 0.3) is 0 Å². The Bertz CT molecular complexity index is 2390. The van der Waals surface area contributed by atoms with E-state index in [4.69, 9.17) is 9.72 Å². The number of amides is 2. The van der Waals surface area contributed by atoms with E-state index in [1.807, 2.05) is 56.4 Å². The van der Waals surface area contributed by atoms with Crippen molar-refractivity contribution in [1.29, 1.82) is 0 Å². The zero-order valence-electron chi connectivity index (χ0n) is 28.5. The minimum atomic E-state index is -0.422. The van der Waals surface area contributed by atoms with Crippen molar-refractivity contribution < 1.29 is 9.53 Å². The van der Waals surface area contributed by atoms with Crippen molar-refractivity contribution >= 4 is 50.0 Å². The number of aromatic nitrogens is 3. The number of para-hydroxylation sites is 1. The summed E-state index contributed by atoms with van der Waals surface area (Å²) in [6.45, 7) is 6.13. The number of benzene rings is 5. The van der Waals surface area contributed by atoms with Crippen LogP contribution in [0.4, 0.5) is 16.3 Å². The van der Waals surface area contributed by atoms with Gasteiger partial charge in [-0.3, -0.25) is 15.3 Å². The molecule has 0 fully saturated rings. The van der Waals surface area contributed by atoms with Crippen LogP contribution in [0, 0.1) is 13.8 Å². The Kier molecular flexibility index (Phi) is 8.11. The number of nitrogens with zero attached hydrogens (tertiary/aromatic N) is 3. The predicted molar refractivity (Wildman–Crippen MR) is 202 cm³/mol. The summed E-state index contributed by atoms with van der Waals surface area (Å²) < 4.78 is 7.26. The lowest BCUT2D eigenvalue weighted by molar-refractivity contribution is 0.0872. The van der Waals surface area contributed by atoms with E-state index in [2.05, 4.69) is 88.2 Å². The fourth-order valence-corrected chi connectivity index (χ4v) is 7.86. The molecule has 0 saturated carbocycles. The molecule has 1 aliphatic carbocycles. The van der Waals surface area contributed by atoms with Gasteiger partial charge in [0.2, 0.25) is 0 Å². The average Bonchev–Trinajstić information content (AvgIpc) is 3.14. The molecule has 0 saturated heterocycles. The molecule has 1 aliphatic rings. The monoisotopic (exact) mass is 657 g/mol. The number of carbonyl (C=O) groups excluding carboxylic acids is 1. The molecule has 2 atom stereocenters. The smallest absolute Gasteiger partial charge is 0.324 e. The minimum absolute atomic E-state index is 0.362. The lowest BCUT2D eigenvalue weighted by Crippen LogP contribution is -2.40. The highest BCUT2D eigenvalue weighted by molar-refractivity contribution is 6.09. The van der Waals surface area contributed by atoms with E-state index < -0.39 is 12.1 Å². The molecular formula is C43H39N5O2. The number of hydrogen-bond acceptors (Lipinski definition) is 5. The topological polar surface area (TPSA) is 89.0 Å². The van der Waals surface area contributed by atoms with Gasteiger partial charge in [0.05, 0.1) is 29.3 Å². The van der Waals surface area contributed by atoms with E-state index in [1.165, 1.54) is 32.7 Å². The maximum Gasteiger partial charge on any atom is 0.324 e. The first kappa shape index (κ1) is 31.4. The Hall–Kier alpha value is -5.82. The van der Waals surface area contributed by atoms with E-state index in [-0.39, 0.29) is 5.41 Å². The number of ether oxygens (including phenoxy) is 1. The van der Waals surface area contributed by atoms with Gasteiger partial charge in [0, 0.05) is 22.6 Å². The zero-order valence-corrected chi connectivity index (χ0v) is 28.5. The molecule has 5 aromatic carbocycles. The zero-order chi connectivity index (χ0) is 34.2. The second kappa shape index (κ2) is 12.9. The highest BCUT2D eigenvalue weighted by Crippen LogP contribution is 2.52. The summed E-state index contributed by atoms with van der Waals surface area (Å²) in [6, 6.07) is 33.7. The van der Waals surface area contributed by atoms with E-state index in [0.29, 0.717) is 17.3 Å². The van der Waals surface area contributed by atoms with Crippen LogP contribution in [0.2, 0.25) is 0 Å². The number of aryl methyl sites for hydroxylation is 3. The number of pyridine rings is 1. The van der Waals surface area contributed by atoms with Crippen LogP contribution in [-0.4, -0.2) is 21.0 Å². The van der Waals surface area contributed by atoms with Crippen molar-refractivity contribution in [2.45, 2.75) is 58.0 Å². The first-order valence-electron chi connectivity index (χ1n) is 17.3. The third-order valence-corrected chi connectivity index (χ3v) is 10.3. The van der Waals surface area contributed by atoms with Crippen molar-refractivity contribution in [2.24, 2.45) is 0 Å². The second-order valence-electron chi connectivity index (χ2n) is 13.4. The van der Waals surface area contributed by atoms with Crippen LogP contribution in [0.1, 0.15) is 60.2 Å². The Morgan fingerprint density at radius 1 is 0.800 bits per heavy atom. The fourth-order valence-electron chi connectivity index (χ4n) is 7.86. The molecule has 0 bridgehead atoms. The van der Waals surface area contributed by atoms with Crippen LogP contribution in [0.15, 0.2) is 116 Å². The Morgan fingerprint density at radius 2 is 1.62 bits per heavy atom. The molecule has 2 heterocycles. The lowest BCUT2D eigenvalue weighted by Gasteiger charge is -2.45. The quantitative estimate of drug-likeness (QED) is 0.167. The maximum atomic E-state index is 13.3. The maximum absolute atomic E-state index is 13.3. The van der Waals surface area contributed by atoms with E-state index in [9.17, 15) is 4.79 Å². The van der Waals surface area contributed by atoms with Crippen LogP contribution >= 0.6 is 0 Å². The van der Waals surface area contributed by atoms with Gasteiger partial charge < -0.3 is 10.1 Å². The summed E-state index contributed by atoms with van der Waals surface area (Å²) >= 11 is 0. The van der Waals surface area contributed by atoms with Gasteiger partial charge in [-0.1, -0.05) is 79.7 Å². The average molecular weight is 658 g/mol. The largest absolute Gasteiger partial charge is 0.483 e. The molecule has 2 unspecified atom stereocenters. The highest BCUT2D eigenvalue weighted by Gasteiger charge is 2.45. The highest BCUT2D eigenvalue weighted by atomic mass is 16.5. The van der Waals surface area contributed by atoms with Crippen molar-refractivity contribution in [1.82, 2.24) is 15.0 Å². The summed E-state index contributed by atoms with van der Waals surface area (Å²) in [5, 5.41) is 12.0. The standard InChI is InChI=1S/C43H39N5O2/c1-4-43(21-9-13-35-34-17-16-29-10-5-7-12-32(29)33(34)18-19-36(35)43)41(31-23-30-11-6-8-14-37(30)45-25-31)50-39-20-15-27(2)22-38(39)47-42(49)48-40-26-44-28(3)24-46-40/h5-8,10-12,14-20,22-26,41H,4,9,13,21H2,1-3H3,(H2,46,47,48,49). The summed E-state index contributed by atoms with van der Waals surface area (Å²) in [4.78, 5) is 26.7. The molecule has 0 spiro atoms. The van der Waals surface area contributed by atoms with E-state index in [0.717, 1.165) is 53.4 Å². The summed E-state index contributed by atoms with van der Waals surface area (Å²) in [6.07, 6.45) is 8.60. The molecule has 248 valence electrons. The van der Waals surface area contributed by atoms with E-state index in [1.54, 1.807) is 12.4 Å².